The molecule has 0 saturated carbocycles. The summed E-state index contributed by atoms with van der Waals surface area (Å²) in [6.45, 7) is 5.78. The van der Waals surface area contributed by atoms with E-state index in [2.05, 4.69) is 19.2 Å². The zero-order valence-corrected chi connectivity index (χ0v) is 12.3. The van der Waals surface area contributed by atoms with Crippen LogP contribution in [0.15, 0.2) is 18.2 Å². The number of aliphatic hydroxyl groups is 1. The van der Waals surface area contributed by atoms with Gasteiger partial charge in [0.15, 0.2) is 0 Å². The molecule has 0 amide bonds. The van der Waals surface area contributed by atoms with Gasteiger partial charge in [0, 0.05) is 12.1 Å². The molecule has 1 unspecified atom stereocenters. The molecule has 0 radical (unpaired) electrons. The van der Waals surface area contributed by atoms with Crippen molar-refractivity contribution in [2.75, 3.05) is 27.3 Å². The molecule has 0 aromatic heterocycles. The first-order valence-electron chi connectivity index (χ1n) is 6.69. The number of nitrogens with one attached hydrogen (secondary N) is 1. The molecule has 0 aliphatic rings. The van der Waals surface area contributed by atoms with Crippen LogP contribution in [-0.2, 0) is 0 Å². The Hall–Kier alpha value is -1.26. The monoisotopic (exact) mass is 267 g/mol. The topological polar surface area (TPSA) is 50.7 Å². The molecule has 4 heteroatoms. The quantitative estimate of drug-likeness (QED) is 0.710. The zero-order valence-electron chi connectivity index (χ0n) is 12.3. The average molecular weight is 267 g/mol. The maximum Gasteiger partial charge on any atom is 0.124 e. The summed E-state index contributed by atoms with van der Waals surface area (Å²) >= 11 is 0. The van der Waals surface area contributed by atoms with Crippen molar-refractivity contribution in [1.29, 1.82) is 0 Å². The largest absolute Gasteiger partial charge is 0.497 e. The number of hydrogen-bond acceptors (Lipinski definition) is 4. The summed E-state index contributed by atoms with van der Waals surface area (Å²) in [4.78, 5) is 0. The third-order valence-electron chi connectivity index (χ3n) is 3.03. The molecule has 4 nitrogen and oxygen atoms in total. The van der Waals surface area contributed by atoms with Crippen LogP contribution >= 0.6 is 0 Å². The Kier molecular flexibility index (Phi) is 6.67. The van der Waals surface area contributed by atoms with Crippen LogP contribution in [0, 0.1) is 5.92 Å². The Morgan fingerprint density at radius 1 is 1.21 bits per heavy atom. The third-order valence-corrected chi connectivity index (χ3v) is 3.03. The summed E-state index contributed by atoms with van der Waals surface area (Å²) in [7, 11) is 3.21. The lowest BCUT2D eigenvalue weighted by molar-refractivity contribution is 0.169. The predicted octanol–water partition coefficient (Wildman–Crippen LogP) is 2.37. The van der Waals surface area contributed by atoms with Crippen LogP contribution in [0.4, 0.5) is 0 Å². The Labute approximate surface area is 115 Å². The molecule has 19 heavy (non-hydrogen) atoms. The van der Waals surface area contributed by atoms with E-state index in [1.807, 2.05) is 18.2 Å². The van der Waals surface area contributed by atoms with Crippen molar-refractivity contribution in [2.24, 2.45) is 5.92 Å². The molecular weight excluding hydrogens is 242 g/mol. The van der Waals surface area contributed by atoms with E-state index < -0.39 is 6.10 Å². The fourth-order valence-electron chi connectivity index (χ4n) is 1.84. The Morgan fingerprint density at radius 3 is 2.53 bits per heavy atom. The van der Waals surface area contributed by atoms with E-state index in [9.17, 15) is 5.11 Å². The molecular formula is C15H25NO3. The summed E-state index contributed by atoms with van der Waals surface area (Å²) in [6, 6.07) is 5.44. The number of ether oxygens (including phenoxy) is 2. The number of methoxy groups -OCH3 is 2. The normalized spacial score (nSPS) is 12.5. The van der Waals surface area contributed by atoms with Gasteiger partial charge in [0.25, 0.3) is 0 Å². The van der Waals surface area contributed by atoms with Crippen LogP contribution in [0.2, 0.25) is 0 Å². The van der Waals surface area contributed by atoms with Crippen LogP contribution in [-0.4, -0.2) is 32.4 Å². The van der Waals surface area contributed by atoms with Gasteiger partial charge in [0.2, 0.25) is 0 Å². The summed E-state index contributed by atoms with van der Waals surface area (Å²) in [5, 5.41) is 13.5. The molecule has 2 N–H and O–H groups in total. The van der Waals surface area contributed by atoms with Crippen molar-refractivity contribution in [1.82, 2.24) is 5.32 Å². The Bertz CT molecular complexity index is 380. The van der Waals surface area contributed by atoms with Crippen molar-refractivity contribution < 1.29 is 14.6 Å². The smallest absolute Gasteiger partial charge is 0.124 e. The van der Waals surface area contributed by atoms with E-state index in [1.54, 1.807) is 14.2 Å². The minimum Gasteiger partial charge on any atom is -0.497 e. The predicted molar refractivity (Wildman–Crippen MR) is 76.8 cm³/mol. The van der Waals surface area contributed by atoms with Gasteiger partial charge in [-0.05, 0) is 37.1 Å². The maximum atomic E-state index is 10.2. The van der Waals surface area contributed by atoms with E-state index in [0.717, 1.165) is 24.3 Å². The molecule has 0 heterocycles. The molecule has 0 saturated heterocycles. The van der Waals surface area contributed by atoms with Crippen LogP contribution in [0.25, 0.3) is 0 Å². The van der Waals surface area contributed by atoms with E-state index in [1.165, 1.54) is 0 Å². The van der Waals surface area contributed by atoms with Gasteiger partial charge in [-0.1, -0.05) is 13.8 Å². The van der Waals surface area contributed by atoms with Gasteiger partial charge in [-0.2, -0.15) is 0 Å². The second-order valence-corrected chi connectivity index (χ2v) is 5.01. The molecule has 1 aromatic carbocycles. The minimum absolute atomic E-state index is 0.510. The lowest BCUT2D eigenvalue weighted by Crippen LogP contribution is -2.23. The second-order valence-electron chi connectivity index (χ2n) is 5.01. The zero-order chi connectivity index (χ0) is 14.3. The van der Waals surface area contributed by atoms with Gasteiger partial charge in [-0.25, -0.2) is 0 Å². The van der Waals surface area contributed by atoms with Crippen LogP contribution < -0.4 is 14.8 Å². The first-order chi connectivity index (χ1) is 9.08. The van der Waals surface area contributed by atoms with Gasteiger partial charge in [-0.15, -0.1) is 0 Å². The fraction of sp³-hybridized carbons (Fsp3) is 0.600. The van der Waals surface area contributed by atoms with E-state index in [-0.39, 0.29) is 0 Å². The summed E-state index contributed by atoms with van der Waals surface area (Å²) in [5.74, 6) is 2.06. The number of hydrogen-bond donors (Lipinski definition) is 2. The minimum atomic E-state index is -0.600. The number of aliphatic hydroxyl groups excluding tert-OH is 1. The third kappa shape index (κ3) is 5.09. The molecule has 0 spiro atoms. The van der Waals surface area contributed by atoms with Crippen molar-refractivity contribution in [3.63, 3.8) is 0 Å². The molecule has 108 valence electrons. The highest BCUT2D eigenvalue weighted by Crippen LogP contribution is 2.28. The van der Waals surface area contributed by atoms with Gasteiger partial charge < -0.3 is 19.9 Å². The van der Waals surface area contributed by atoms with Crippen LogP contribution in [0.5, 0.6) is 11.5 Å². The lowest BCUT2D eigenvalue weighted by Gasteiger charge is -2.17. The van der Waals surface area contributed by atoms with Gasteiger partial charge in [0.1, 0.15) is 11.5 Å². The number of benzene rings is 1. The molecule has 1 aromatic rings. The lowest BCUT2D eigenvalue weighted by atomic mass is 10.1. The standard InChI is InChI=1S/C15H25NO3/c1-11(2)7-8-16-10-14(17)13-9-12(18-3)5-6-15(13)19-4/h5-6,9,11,14,16-17H,7-8,10H2,1-4H3. The summed E-state index contributed by atoms with van der Waals surface area (Å²) in [6.07, 6.45) is 0.499. The van der Waals surface area contributed by atoms with Crippen molar-refractivity contribution >= 4 is 0 Å². The highest BCUT2D eigenvalue weighted by molar-refractivity contribution is 5.41. The summed E-state index contributed by atoms with van der Waals surface area (Å²) in [5.41, 5.74) is 0.749. The van der Waals surface area contributed by atoms with E-state index in [4.69, 9.17) is 9.47 Å². The first-order valence-corrected chi connectivity index (χ1v) is 6.69. The highest BCUT2D eigenvalue weighted by atomic mass is 16.5. The molecule has 1 rings (SSSR count). The number of rotatable bonds is 8. The Balaban J connectivity index is 2.61. The van der Waals surface area contributed by atoms with Crippen molar-refractivity contribution in [2.45, 2.75) is 26.4 Å². The van der Waals surface area contributed by atoms with Crippen molar-refractivity contribution in [3.8, 4) is 11.5 Å². The van der Waals surface area contributed by atoms with Crippen LogP contribution in [0.3, 0.4) is 0 Å². The highest BCUT2D eigenvalue weighted by Gasteiger charge is 2.14. The molecule has 0 aliphatic carbocycles. The average Bonchev–Trinajstić information content (AvgIpc) is 2.42. The molecule has 1 atom stereocenters. The fourth-order valence-corrected chi connectivity index (χ4v) is 1.84. The summed E-state index contributed by atoms with van der Waals surface area (Å²) < 4.78 is 10.4. The second kappa shape index (κ2) is 8.02. The molecule has 0 aliphatic heterocycles. The molecule has 0 fully saturated rings. The molecule has 0 bridgehead atoms. The maximum absolute atomic E-state index is 10.2. The first kappa shape index (κ1) is 15.8. The van der Waals surface area contributed by atoms with E-state index >= 15 is 0 Å². The van der Waals surface area contributed by atoms with E-state index in [0.29, 0.717) is 18.2 Å². The SMILES string of the molecule is COc1ccc(OC)c(C(O)CNCCC(C)C)c1. The van der Waals surface area contributed by atoms with Gasteiger partial charge >= 0.3 is 0 Å². The van der Waals surface area contributed by atoms with Gasteiger partial charge in [0.05, 0.1) is 20.3 Å². The van der Waals surface area contributed by atoms with Crippen LogP contribution in [0.1, 0.15) is 31.9 Å². The van der Waals surface area contributed by atoms with Gasteiger partial charge in [-0.3, -0.25) is 0 Å². The van der Waals surface area contributed by atoms with Crippen molar-refractivity contribution in [3.05, 3.63) is 23.8 Å². The Morgan fingerprint density at radius 2 is 1.95 bits per heavy atom.